The molecule has 0 bridgehead atoms. The van der Waals surface area contributed by atoms with Crippen LogP contribution in [0.25, 0.3) is 5.65 Å². The molecule has 2 amide bonds. The zero-order chi connectivity index (χ0) is 23.9. The number of carbonyl (C=O) groups is 2. The van der Waals surface area contributed by atoms with E-state index >= 15 is 0 Å². The predicted octanol–water partition coefficient (Wildman–Crippen LogP) is 1.93. The maximum Gasteiger partial charge on any atom is 0.261 e. The molecule has 10 heteroatoms. The van der Waals surface area contributed by atoms with Crippen molar-refractivity contribution in [3.05, 3.63) is 53.5 Å². The third kappa shape index (κ3) is 4.02. The van der Waals surface area contributed by atoms with Gasteiger partial charge in [0.25, 0.3) is 11.8 Å². The molecule has 4 heterocycles. The molecule has 2 N–H and O–H groups in total. The monoisotopic (exact) mass is 476 g/mol. The van der Waals surface area contributed by atoms with Crippen LogP contribution in [0.3, 0.4) is 0 Å². The second-order valence-electron chi connectivity index (χ2n) is 9.47. The van der Waals surface area contributed by atoms with Crippen LogP contribution >= 0.6 is 0 Å². The minimum atomic E-state index is -0.343. The zero-order valence-electron chi connectivity index (χ0n) is 19.4. The van der Waals surface area contributed by atoms with Crippen LogP contribution in [0, 0.1) is 5.92 Å². The molecule has 2 fully saturated rings. The van der Waals surface area contributed by atoms with Crippen LogP contribution in [0.4, 0.5) is 11.4 Å². The van der Waals surface area contributed by atoms with E-state index in [1.807, 2.05) is 17.0 Å². The lowest BCUT2D eigenvalue weighted by Crippen LogP contribution is -2.37. The van der Waals surface area contributed by atoms with Crippen LogP contribution in [0.15, 0.2) is 36.8 Å². The van der Waals surface area contributed by atoms with Crippen molar-refractivity contribution in [2.75, 3.05) is 43.1 Å². The fourth-order valence-electron chi connectivity index (χ4n) is 5.41. The summed E-state index contributed by atoms with van der Waals surface area (Å²) < 4.78 is 7.08. The highest BCUT2D eigenvalue weighted by atomic mass is 16.5. The molecule has 0 unspecified atom stereocenters. The minimum Gasteiger partial charge on any atom is -0.393 e. The van der Waals surface area contributed by atoms with Crippen LogP contribution in [0.2, 0.25) is 0 Å². The number of amides is 2. The van der Waals surface area contributed by atoms with Crippen molar-refractivity contribution in [2.45, 2.75) is 31.9 Å². The molecular weight excluding hydrogens is 448 g/mol. The highest BCUT2D eigenvalue weighted by molar-refractivity contribution is 6.10. The molecular formula is C25H28N6O4. The molecule has 6 rings (SSSR count). The van der Waals surface area contributed by atoms with Gasteiger partial charge in [-0.25, -0.2) is 9.50 Å². The van der Waals surface area contributed by atoms with Gasteiger partial charge < -0.3 is 25.0 Å². The largest absolute Gasteiger partial charge is 0.393 e. The summed E-state index contributed by atoms with van der Waals surface area (Å²) in [5, 5.41) is 17.5. The fraction of sp³-hybridized carbons (Fsp3) is 0.440. The summed E-state index contributed by atoms with van der Waals surface area (Å²) in [6.45, 7) is 3.54. The second kappa shape index (κ2) is 8.94. The van der Waals surface area contributed by atoms with Crippen molar-refractivity contribution >= 4 is 28.8 Å². The smallest absolute Gasteiger partial charge is 0.261 e. The first-order valence-corrected chi connectivity index (χ1v) is 12.1. The van der Waals surface area contributed by atoms with Crippen molar-refractivity contribution in [3.8, 4) is 0 Å². The van der Waals surface area contributed by atoms with E-state index in [0.717, 1.165) is 30.5 Å². The first kappa shape index (κ1) is 22.0. The Bertz CT molecular complexity index is 1280. The Morgan fingerprint density at radius 2 is 2.09 bits per heavy atom. The number of ether oxygens (including phenoxy) is 1. The molecule has 2 aromatic heterocycles. The Hall–Kier alpha value is -3.50. The van der Waals surface area contributed by atoms with Gasteiger partial charge in [0.1, 0.15) is 5.56 Å². The van der Waals surface area contributed by atoms with Gasteiger partial charge in [0.2, 0.25) is 0 Å². The van der Waals surface area contributed by atoms with E-state index in [2.05, 4.69) is 20.3 Å². The molecule has 0 radical (unpaired) electrons. The number of aliphatic hydroxyl groups is 1. The van der Waals surface area contributed by atoms with Gasteiger partial charge in [-0.05, 0) is 36.6 Å². The van der Waals surface area contributed by atoms with Gasteiger partial charge in [0.15, 0.2) is 5.65 Å². The van der Waals surface area contributed by atoms with E-state index in [9.17, 15) is 14.7 Å². The van der Waals surface area contributed by atoms with E-state index in [1.165, 1.54) is 6.20 Å². The number of nitrogens with one attached hydrogen (secondary N) is 1. The molecule has 1 aliphatic carbocycles. The molecule has 10 nitrogen and oxygen atoms in total. The Kier molecular flexibility index (Phi) is 5.62. The topological polar surface area (TPSA) is 112 Å². The molecule has 35 heavy (non-hydrogen) atoms. The molecule has 0 spiro atoms. The van der Waals surface area contributed by atoms with Crippen LogP contribution in [0.5, 0.6) is 0 Å². The predicted molar refractivity (Wildman–Crippen MR) is 129 cm³/mol. The number of anilines is 2. The van der Waals surface area contributed by atoms with Crippen molar-refractivity contribution in [3.63, 3.8) is 0 Å². The van der Waals surface area contributed by atoms with Crippen LogP contribution in [-0.2, 0) is 11.3 Å². The van der Waals surface area contributed by atoms with Crippen molar-refractivity contribution in [1.82, 2.24) is 19.5 Å². The average Bonchev–Trinajstić information content (AvgIpc) is 3.57. The molecule has 1 aromatic carbocycles. The second-order valence-corrected chi connectivity index (χ2v) is 9.47. The van der Waals surface area contributed by atoms with E-state index in [-0.39, 0.29) is 23.8 Å². The third-order valence-electron chi connectivity index (χ3n) is 7.30. The number of benzene rings is 1. The fourth-order valence-corrected chi connectivity index (χ4v) is 5.41. The van der Waals surface area contributed by atoms with Crippen molar-refractivity contribution in [1.29, 1.82) is 0 Å². The van der Waals surface area contributed by atoms with Crippen molar-refractivity contribution in [2.24, 2.45) is 5.92 Å². The van der Waals surface area contributed by atoms with Gasteiger partial charge in [-0.3, -0.25) is 9.59 Å². The Labute approximate surface area is 202 Å². The molecule has 1 saturated heterocycles. The van der Waals surface area contributed by atoms with Crippen LogP contribution in [0.1, 0.15) is 45.5 Å². The Balaban J connectivity index is 1.32. The molecule has 1 saturated carbocycles. The number of hydrogen-bond acceptors (Lipinski definition) is 7. The zero-order valence-corrected chi connectivity index (χ0v) is 19.4. The summed E-state index contributed by atoms with van der Waals surface area (Å²) in [6, 6.07) is 5.57. The molecule has 2 atom stereocenters. The standard InChI is InChI=1S/C25H28N6O4/c32-22-4-1-3-16(22)14-30-15-17-11-20(21(12-18(17)25(30)34)29-7-9-35-10-8-29)28-24(33)19-13-27-31-6-2-5-26-23(19)31/h2,5-6,11-13,16,22,32H,1,3-4,7-10,14-15H2,(H,28,33)/t16-,22+/m1/s1. The first-order chi connectivity index (χ1) is 17.1. The van der Waals surface area contributed by atoms with Gasteiger partial charge in [0.05, 0.1) is 36.9 Å². The van der Waals surface area contributed by atoms with Gasteiger partial charge in [-0.1, -0.05) is 6.42 Å². The number of aromatic nitrogens is 3. The summed E-state index contributed by atoms with van der Waals surface area (Å²) in [6.07, 6.45) is 7.28. The summed E-state index contributed by atoms with van der Waals surface area (Å²) in [7, 11) is 0. The summed E-state index contributed by atoms with van der Waals surface area (Å²) in [5.41, 5.74) is 3.87. The highest BCUT2D eigenvalue weighted by Gasteiger charge is 2.35. The van der Waals surface area contributed by atoms with E-state index in [4.69, 9.17) is 4.74 Å². The van der Waals surface area contributed by atoms with Gasteiger partial charge in [-0.2, -0.15) is 5.10 Å². The van der Waals surface area contributed by atoms with Crippen LogP contribution in [-0.4, -0.2) is 75.4 Å². The number of hydrogen-bond donors (Lipinski definition) is 2. The highest BCUT2D eigenvalue weighted by Crippen LogP contribution is 2.36. The Morgan fingerprint density at radius 3 is 2.89 bits per heavy atom. The number of rotatable bonds is 5. The SMILES string of the molecule is O=C(Nc1cc2c(cc1N1CCOCC1)C(=O)N(C[C@H]1CCC[C@@H]1O)C2)c1cnn2cccnc12. The third-order valence-corrected chi connectivity index (χ3v) is 7.30. The maximum atomic E-state index is 13.3. The number of morpholine rings is 1. The number of carbonyl (C=O) groups excluding carboxylic acids is 2. The summed E-state index contributed by atoms with van der Waals surface area (Å²) in [5.74, 6) is -0.198. The molecule has 182 valence electrons. The van der Waals surface area contributed by atoms with Gasteiger partial charge in [0, 0.05) is 50.1 Å². The number of aliphatic hydroxyl groups excluding tert-OH is 1. The molecule has 2 aliphatic heterocycles. The lowest BCUT2D eigenvalue weighted by Gasteiger charge is -2.31. The molecule has 3 aromatic rings. The van der Waals surface area contributed by atoms with Crippen LogP contribution < -0.4 is 10.2 Å². The molecule has 3 aliphatic rings. The first-order valence-electron chi connectivity index (χ1n) is 12.1. The normalized spacial score (nSPS) is 22.1. The van der Waals surface area contributed by atoms with E-state index < -0.39 is 0 Å². The maximum absolute atomic E-state index is 13.3. The Morgan fingerprint density at radius 1 is 1.23 bits per heavy atom. The van der Waals surface area contributed by atoms with Crippen molar-refractivity contribution < 1.29 is 19.4 Å². The number of nitrogens with zero attached hydrogens (tertiary/aromatic N) is 5. The van der Waals surface area contributed by atoms with Gasteiger partial charge >= 0.3 is 0 Å². The average molecular weight is 477 g/mol. The summed E-state index contributed by atoms with van der Waals surface area (Å²) in [4.78, 5) is 34.8. The lowest BCUT2D eigenvalue weighted by molar-refractivity contribution is 0.0661. The number of fused-ring (bicyclic) bond motifs is 2. The summed E-state index contributed by atoms with van der Waals surface area (Å²) >= 11 is 0. The van der Waals surface area contributed by atoms with E-state index in [1.54, 1.807) is 23.0 Å². The minimum absolute atomic E-state index is 0.0154. The quantitative estimate of drug-likeness (QED) is 0.579. The lowest BCUT2D eigenvalue weighted by atomic mass is 10.1. The van der Waals surface area contributed by atoms with E-state index in [0.29, 0.717) is 61.9 Å². The van der Waals surface area contributed by atoms with Gasteiger partial charge in [-0.15, -0.1) is 0 Å².